The van der Waals surface area contributed by atoms with Crippen molar-refractivity contribution in [3.63, 3.8) is 0 Å². The van der Waals surface area contributed by atoms with Crippen molar-refractivity contribution in [1.29, 1.82) is 0 Å². The van der Waals surface area contributed by atoms with Crippen LogP contribution in [0.15, 0.2) is 12.4 Å². The van der Waals surface area contributed by atoms with Crippen molar-refractivity contribution in [1.82, 2.24) is 14.2 Å². The SMILES string of the molecule is Cc1cn(Cc2snnc2C)cc1C. The summed E-state index contributed by atoms with van der Waals surface area (Å²) in [6.45, 7) is 7.15. The van der Waals surface area contributed by atoms with E-state index in [4.69, 9.17) is 0 Å². The summed E-state index contributed by atoms with van der Waals surface area (Å²) < 4.78 is 6.11. The molecule has 0 bridgehead atoms. The first-order chi connectivity index (χ1) is 6.66. The van der Waals surface area contributed by atoms with Crippen LogP contribution in [0.1, 0.15) is 21.7 Å². The Morgan fingerprint density at radius 3 is 2.36 bits per heavy atom. The van der Waals surface area contributed by atoms with Gasteiger partial charge in [-0.2, -0.15) is 0 Å². The molecule has 0 saturated carbocycles. The lowest BCUT2D eigenvalue weighted by molar-refractivity contribution is 0.806. The first-order valence-electron chi connectivity index (χ1n) is 4.57. The van der Waals surface area contributed by atoms with Gasteiger partial charge in [-0.15, -0.1) is 5.10 Å². The molecule has 0 unspecified atom stereocenters. The van der Waals surface area contributed by atoms with E-state index in [1.165, 1.54) is 27.5 Å². The lowest BCUT2D eigenvalue weighted by atomic mass is 10.2. The Hall–Kier alpha value is -1.16. The van der Waals surface area contributed by atoms with Crippen LogP contribution in [0.25, 0.3) is 0 Å². The van der Waals surface area contributed by atoms with E-state index in [0.29, 0.717) is 0 Å². The first kappa shape index (κ1) is 9.40. The number of rotatable bonds is 2. The van der Waals surface area contributed by atoms with E-state index in [9.17, 15) is 0 Å². The summed E-state index contributed by atoms with van der Waals surface area (Å²) in [5.74, 6) is 0. The quantitative estimate of drug-likeness (QED) is 0.756. The molecule has 0 radical (unpaired) electrons. The van der Waals surface area contributed by atoms with Gasteiger partial charge in [-0.25, -0.2) is 0 Å². The summed E-state index contributed by atoms with van der Waals surface area (Å²) in [6, 6.07) is 0. The van der Waals surface area contributed by atoms with Gasteiger partial charge in [-0.3, -0.25) is 0 Å². The van der Waals surface area contributed by atoms with Gasteiger partial charge in [0.1, 0.15) is 0 Å². The Kier molecular flexibility index (Phi) is 2.37. The zero-order chi connectivity index (χ0) is 10.1. The Balaban J connectivity index is 2.23. The second-order valence-corrected chi connectivity index (χ2v) is 4.42. The van der Waals surface area contributed by atoms with Crippen molar-refractivity contribution < 1.29 is 0 Å². The van der Waals surface area contributed by atoms with E-state index in [0.717, 1.165) is 12.2 Å². The Morgan fingerprint density at radius 2 is 1.86 bits per heavy atom. The molecule has 2 aromatic heterocycles. The molecule has 0 atom stereocenters. The first-order valence-corrected chi connectivity index (χ1v) is 5.35. The monoisotopic (exact) mass is 207 g/mol. The van der Waals surface area contributed by atoms with Gasteiger partial charge in [0.05, 0.1) is 17.1 Å². The molecule has 0 amide bonds. The van der Waals surface area contributed by atoms with Gasteiger partial charge < -0.3 is 4.57 Å². The van der Waals surface area contributed by atoms with E-state index in [2.05, 4.69) is 40.4 Å². The van der Waals surface area contributed by atoms with Crippen LogP contribution in [0.4, 0.5) is 0 Å². The minimum atomic E-state index is 0.887. The van der Waals surface area contributed by atoms with Crippen molar-refractivity contribution in [3.8, 4) is 0 Å². The minimum absolute atomic E-state index is 0.887. The van der Waals surface area contributed by atoms with Gasteiger partial charge in [0.15, 0.2) is 0 Å². The summed E-state index contributed by atoms with van der Waals surface area (Å²) in [5, 5.41) is 4.00. The lowest BCUT2D eigenvalue weighted by Crippen LogP contribution is -1.95. The standard InChI is InChI=1S/C10H13N3S/c1-7-4-13(5-8(7)2)6-10-9(3)11-12-14-10/h4-5H,6H2,1-3H3. The van der Waals surface area contributed by atoms with Gasteiger partial charge in [-0.1, -0.05) is 4.49 Å². The summed E-state index contributed by atoms with van der Waals surface area (Å²) in [7, 11) is 0. The van der Waals surface area contributed by atoms with Crippen LogP contribution in [-0.4, -0.2) is 14.2 Å². The zero-order valence-electron chi connectivity index (χ0n) is 8.61. The van der Waals surface area contributed by atoms with Gasteiger partial charge >= 0.3 is 0 Å². The third-order valence-corrected chi connectivity index (χ3v) is 3.22. The normalized spacial score (nSPS) is 10.8. The molecule has 0 saturated heterocycles. The van der Waals surface area contributed by atoms with Gasteiger partial charge in [0.2, 0.25) is 0 Å². The molecule has 3 nitrogen and oxygen atoms in total. The second kappa shape index (κ2) is 3.53. The minimum Gasteiger partial charge on any atom is -0.348 e. The third-order valence-electron chi connectivity index (χ3n) is 2.41. The maximum atomic E-state index is 4.00. The largest absolute Gasteiger partial charge is 0.348 e. The summed E-state index contributed by atoms with van der Waals surface area (Å²) in [5.41, 5.74) is 3.71. The average Bonchev–Trinajstić information content (AvgIpc) is 2.63. The summed E-state index contributed by atoms with van der Waals surface area (Å²) in [4.78, 5) is 1.24. The van der Waals surface area contributed by atoms with Crippen LogP contribution in [0, 0.1) is 20.8 Å². The fourth-order valence-electron chi connectivity index (χ4n) is 1.39. The Labute approximate surface area is 87.6 Å². The molecule has 0 aromatic carbocycles. The fourth-order valence-corrected chi connectivity index (χ4v) is 2.03. The number of hydrogen-bond donors (Lipinski definition) is 0. The molecule has 0 aliphatic heterocycles. The highest BCUT2D eigenvalue weighted by Crippen LogP contribution is 2.14. The van der Waals surface area contributed by atoms with E-state index in [1.807, 2.05) is 6.92 Å². The highest BCUT2D eigenvalue weighted by Gasteiger charge is 2.04. The highest BCUT2D eigenvalue weighted by atomic mass is 32.1. The molecule has 0 fully saturated rings. The van der Waals surface area contributed by atoms with Crippen molar-refractivity contribution in [2.45, 2.75) is 27.3 Å². The van der Waals surface area contributed by atoms with Crippen LogP contribution < -0.4 is 0 Å². The van der Waals surface area contributed by atoms with Crippen LogP contribution in [0.5, 0.6) is 0 Å². The number of aryl methyl sites for hydroxylation is 3. The zero-order valence-corrected chi connectivity index (χ0v) is 9.43. The predicted molar refractivity (Wildman–Crippen MR) is 57.7 cm³/mol. The van der Waals surface area contributed by atoms with Crippen LogP contribution in [0.3, 0.4) is 0 Å². The third kappa shape index (κ3) is 1.70. The molecule has 0 aliphatic rings. The molecule has 0 spiro atoms. The number of aromatic nitrogens is 3. The van der Waals surface area contributed by atoms with Gasteiger partial charge in [0.25, 0.3) is 0 Å². The second-order valence-electron chi connectivity index (χ2n) is 3.58. The van der Waals surface area contributed by atoms with E-state index in [1.54, 1.807) is 0 Å². The molecule has 2 aromatic rings. The van der Waals surface area contributed by atoms with Crippen molar-refractivity contribution in [2.75, 3.05) is 0 Å². The maximum Gasteiger partial charge on any atom is 0.0775 e. The van der Waals surface area contributed by atoms with Crippen molar-refractivity contribution >= 4 is 11.5 Å². The smallest absolute Gasteiger partial charge is 0.0775 e. The van der Waals surface area contributed by atoms with Gasteiger partial charge in [0, 0.05) is 12.4 Å². The van der Waals surface area contributed by atoms with Crippen molar-refractivity contribution in [2.24, 2.45) is 0 Å². The molecule has 14 heavy (non-hydrogen) atoms. The highest BCUT2D eigenvalue weighted by molar-refractivity contribution is 7.05. The molecule has 0 aliphatic carbocycles. The van der Waals surface area contributed by atoms with E-state index >= 15 is 0 Å². The average molecular weight is 207 g/mol. The molecule has 2 rings (SSSR count). The van der Waals surface area contributed by atoms with Gasteiger partial charge in [-0.05, 0) is 43.4 Å². The molecule has 4 heteroatoms. The van der Waals surface area contributed by atoms with Crippen LogP contribution in [-0.2, 0) is 6.54 Å². The molecule has 74 valence electrons. The molecular formula is C10H13N3S. The predicted octanol–water partition coefficient (Wildman–Crippen LogP) is 2.31. The summed E-state index contributed by atoms with van der Waals surface area (Å²) >= 11 is 1.48. The van der Waals surface area contributed by atoms with Crippen molar-refractivity contribution in [3.05, 3.63) is 34.1 Å². The number of nitrogens with zero attached hydrogens (tertiary/aromatic N) is 3. The fraction of sp³-hybridized carbons (Fsp3) is 0.400. The van der Waals surface area contributed by atoms with Crippen LogP contribution >= 0.6 is 11.5 Å². The number of hydrogen-bond acceptors (Lipinski definition) is 3. The van der Waals surface area contributed by atoms with Crippen LogP contribution in [0.2, 0.25) is 0 Å². The molecular weight excluding hydrogens is 194 g/mol. The topological polar surface area (TPSA) is 30.7 Å². The van der Waals surface area contributed by atoms with E-state index < -0.39 is 0 Å². The van der Waals surface area contributed by atoms with E-state index in [-0.39, 0.29) is 0 Å². The Morgan fingerprint density at radius 1 is 1.21 bits per heavy atom. The molecule has 0 N–H and O–H groups in total. The maximum absolute atomic E-state index is 4.00. The molecule has 2 heterocycles. The Bertz CT molecular complexity index is 422. The summed E-state index contributed by atoms with van der Waals surface area (Å²) in [6.07, 6.45) is 4.32. The lowest BCUT2D eigenvalue weighted by Gasteiger charge is -1.98.